The van der Waals surface area contributed by atoms with Crippen molar-refractivity contribution in [3.05, 3.63) is 29.8 Å². The number of fused-ring (bicyclic) bond motifs is 1. The topological polar surface area (TPSA) is 78.8 Å². The van der Waals surface area contributed by atoms with Crippen LogP contribution in [0.4, 0.5) is 0 Å². The van der Waals surface area contributed by atoms with Gasteiger partial charge in [0, 0.05) is 5.56 Å². The molecule has 5 nitrogen and oxygen atoms in total. The second-order valence-corrected chi connectivity index (χ2v) is 5.17. The lowest BCUT2D eigenvalue weighted by molar-refractivity contribution is -0.126. The normalized spacial score (nSPS) is 18.1. The highest BCUT2D eigenvalue weighted by molar-refractivity contribution is 5.85. The van der Waals surface area contributed by atoms with E-state index in [1.165, 1.54) is 0 Å². The van der Waals surface area contributed by atoms with Gasteiger partial charge < -0.3 is 20.3 Å². The van der Waals surface area contributed by atoms with Crippen molar-refractivity contribution in [2.24, 2.45) is 0 Å². The molecule has 1 heterocycles. The van der Waals surface area contributed by atoms with Gasteiger partial charge in [-0.15, -0.1) is 0 Å². The van der Waals surface area contributed by atoms with Crippen molar-refractivity contribution in [3.63, 3.8) is 0 Å². The van der Waals surface area contributed by atoms with Gasteiger partial charge >= 0.3 is 0 Å². The molecule has 0 fully saturated rings. The second-order valence-electron chi connectivity index (χ2n) is 5.17. The Morgan fingerprint density at radius 2 is 2.10 bits per heavy atom. The molecule has 1 aromatic rings. The highest BCUT2D eigenvalue weighted by Crippen LogP contribution is 2.33. The van der Waals surface area contributed by atoms with Gasteiger partial charge in [-0.05, 0) is 18.9 Å². The molecule has 1 aliphatic heterocycles. The molecule has 0 aliphatic carbocycles. The molecule has 0 saturated carbocycles. The number of para-hydroxylation sites is 1. The molecular formula is C15H21NO4. The van der Waals surface area contributed by atoms with Gasteiger partial charge in [0.2, 0.25) is 5.91 Å². The Bertz CT molecular complexity index is 462. The van der Waals surface area contributed by atoms with Gasteiger partial charge in [0.1, 0.15) is 5.75 Å². The number of ether oxygens (including phenoxy) is 1. The first-order valence-electron chi connectivity index (χ1n) is 6.91. The first-order chi connectivity index (χ1) is 9.65. The van der Waals surface area contributed by atoms with E-state index in [9.17, 15) is 15.0 Å². The molecule has 0 aromatic heterocycles. The van der Waals surface area contributed by atoms with E-state index >= 15 is 0 Å². The summed E-state index contributed by atoms with van der Waals surface area (Å²) in [7, 11) is 0. The quantitative estimate of drug-likeness (QED) is 0.745. The lowest BCUT2D eigenvalue weighted by Gasteiger charge is -2.33. The third kappa shape index (κ3) is 2.78. The fraction of sp³-hybridized carbons (Fsp3) is 0.533. The zero-order chi connectivity index (χ0) is 14.6. The van der Waals surface area contributed by atoms with Crippen LogP contribution in [0.1, 0.15) is 31.2 Å². The van der Waals surface area contributed by atoms with Crippen LogP contribution >= 0.6 is 0 Å². The van der Waals surface area contributed by atoms with Gasteiger partial charge in [0.05, 0.1) is 31.3 Å². The minimum absolute atomic E-state index is 0.175. The summed E-state index contributed by atoms with van der Waals surface area (Å²) >= 11 is 0. The number of hydrogen-bond acceptors (Lipinski definition) is 4. The number of hydrogen-bond donors (Lipinski definition) is 3. The number of carbonyl (C=O) groups is 1. The molecule has 0 radical (unpaired) electrons. The van der Waals surface area contributed by atoms with Gasteiger partial charge in [0.15, 0.2) is 0 Å². The molecule has 1 aromatic carbocycles. The highest BCUT2D eigenvalue weighted by atomic mass is 16.5. The SMILES string of the molecule is CCC(CO)(CO)NC(=O)C1CCOc2ccccc21. The van der Waals surface area contributed by atoms with Gasteiger partial charge in [-0.25, -0.2) is 0 Å². The van der Waals surface area contributed by atoms with Crippen LogP contribution in [0.5, 0.6) is 5.75 Å². The zero-order valence-corrected chi connectivity index (χ0v) is 11.6. The molecule has 110 valence electrons. The third-order valence-electron chi connectivity index (χ3n) is 3.95. The van der Waals surface area contributed by atoms with Crippen LogP contribution in [0.15, 0.2) is 24.3 Å². The summed E-state index contributed by atoms with van der Waals surface area (Å²) in [5.41, 5.74) is -0.0956. The average molecular weight is 279 g/mol. The Hall–Kier alpha value is -1.59. The number of benzene rings is 1. The fourth-order valence-corrected chi connectivity index (χ4v) is 2.40. The monoisotopic (exact) mass is 279 g/mol. The van der Waals surface area contributed by atoms with Crippen molar-refractivity contribution in [2.45, 2.75) is 31.2 Å². The smallest absolute Gasteiger partial charge is 0.228 e. The second kappa shape index (κ2) is 6.24. The average Bonchev–Trinajstić information content (AvgIpc) is 2.52. The zero-order valence-electron chi connectivity index (χ0n) is 11.6. The van der Waals surface area contributed by atoms with Crippen molar-refractivity contribution >= 4 is 5.91 Å². The van der Waals surface area contributed by atoms with Crippen LogP contribution in [0.25, 0.3) is 0 Å². The van der Waals surface area contributed by atoms with E-state index in [0.717, 1.165) is 11.3 Å². The van der Waals surface area contributed by atoms with Gasteiger partial charge in [-0.2, -0.15) is 0 Å². The molecule has 1 aliphatic rings. The Kier molecular flexibility index (Phi) is 4.62. The van der Waals surface area contributed by atoms with Gasteiger partial charge in [-0.3, -0.25) is 4.79 Å². The van der Waals surface area contributed by atoms with Crippen LogP contribution in [0.2, 0.25) is 0 Å². The van der Waals surface area contributed by atoms with E-state index in [4.69, 9.17) is 4.74 Å². The molecule has 2 rings (SSSR count). The lowest BCUT2D eigenvalue weighted by Crippen LogP contribution is -2.55. The van der Waals surface area contributed by atoms with Crippen LogP contribution in [0, 0.1) is 0 Å². The van der Waals surface area contributed by atoms with E-state index in [-0.39, 0.29) is 25.0 Å². The molecule has 1 unspecified atom stereocenters. The molecule has 0 saturated heterocycles. The molecule has 3 N–H and O–H groups in total. The summed E-state index contributed by atoms with van der Waals surface area (Å²) in [5.74, 6) is 0.253. The summed E-state index contributed by atoms with van der Waals surface area (Å²) in [6, 6.07) is 7.47. The van der Waals surface area contributed by atoms with Crippen LogP contribution < -0.4 is 10.1 Å². The van der Waals surface area contributed by atoms with Crippen LogP contribution in [-0.2, 0) is 4.79 Å². The molecule has 0 bridgehead atoms. The summed E-state index contributed by atoms with van der Waals surface area (Å²) in [4.78, 5) is 12.5. The molecule has 5 heteroatoms. The number of amides is 1. The standard InChI is InChI=1S/C15H21NO4/c1-2-15(9-17,10-18)16-14(19)12-7-8-20-13-6-4-3-5-11(12)13/h3-6,12,17-18H,2,7-10H2,1H3,(H,16,19). The Labute approximate surface area is 118 Å². The Morgan fingerprint density at radius 1 is 1.40 bits per heavy atom. The summed E-state index contributed by atoms with van der Waals surface area (Å²) in [6.07, 6.45) is 1.07. The maximum absolute atomic E-state index is 12.5. The van der Waals surface area contributed by atoms with Crippen molar-refractivity contribution < 1.29 is 19.7 Å². The largest absolute Gasteiger partial charge is 0.493 e. The molecule has 20 heavy (non-hydrogen) atoms. The number of aliphatic hydroxyl groups excluding tert-OH is 2. The summed E-state index contributed by atoms with van der Waals surface area (Å²) in [5, 5.41) is 21.6. The van der Waals surface area contributed by atoms with Crippen molar-refractivity contribution in [3.8, 4) is 5.75 Å². The van der Waals surface area contributed by atoms with Gasteiger partial charge in [-0.1, -0.05) is 25.1 Å². The highest BCUT2D eigenvalue weighted by Gasteiger charge is 2.34. The predicted molar refractivity (Wildman–Crippen MR) is 74.6 cm³/mol. The summed E-state index contributed by atoms with van der Waals surface area (Å²) < 4.78 is 5.53. The summed E-state index contributed by atoms with van der Waals surface area (Å²) in [6.45, 7) is 1.75. The number of rotatable bonds is 5. The molecule has 1 atom stereocenters. The van der Waals surface area contributed by atoms with E-state index in [1.54, 1.807) is 0 Å². The van der Waals surface area contributed by atoms with E-state index < -0.39 is 5.54 Å². The van der Waals surface area contributed by atoms with Crippen molar-refractivity contribution in [1.82, 2.24) is 5.32 Å². The Morgan fingerprint density at radius 3 is 2.75 bits per heavy atom. The Balaban J connectivity index is 2.19. The van der Waals surface area contributed by atoms with E-state index in [1.807, 2.05) is 31.2 Å². The molecule has 0 spiro atoms. The first kappa shape index (κ1) is 14.8. The molecule has 1 amide bonds. The van der Waals surface area contributed by atoms with Crippen molar-refractivity contribution in [2.75, 3.05) is 19.8 Å². The first-order valence-corrected chi connectivity index (χ1v) is 6.91. The number of carbonyl (C=O) groups excluding carboxylic acids is 1. The predicted octanol–water partition coefficient (Wildman–Crippen LogP) is 0.802. The number of nitrogens with one attached hydrogen (secondary N) is 1. The van der Waals surface area contributed by atoms with E-state index in [0.29, 0.717) is 19.4 Å². The van der Waals surface area contributed by atoms with Crippen molar-refractivity contribution in [1.29, 1.82) is 0 Å². The minimum atomic E-state index is -0.954. The molecular weight excluding hydrogens is 258 g/mol. The van der Waals surface area contributed by atoms with Gasteiger partial charge in [0.25, 0.3) is 0 Å². The minimum Gasteiger partial charge on any atom is -0.493 e. The van der Waals surface area contributed by atoms with Crippen LogP contribution in [0.3, 0.4) is 0 Å². The lowest BCUT2D eigenvalue weighted by atomic mass is 9.90. The maximum Gasteiger partial charge on any atom is 0.228 e. The number of aliphatic hydroxyl groups is 2. The van der Waals surface area contributed by atoms with Crippen LogP contribution in [-0.4, -0.2) is 41.5 Å². The fourth-order valence-electron chi connectivity index (χ4n) is 2.40. The third-order valence-corrected chi connectivity index (χ3v) is 3.95. The maximum atomic E-state index is 12.5. The van der Waals surface area contributed by atoms with E-state index in [2.05, 4.69) is 5.32 Å².